The highest BCUT2D eigenvalue weighted by atomic mass is 32.1. The fourth-order valence-electron chi connectivity index (χ4n) is 5.75. The molecule has 2 amide bonds. The highest BCUT2D eigenvalue weighted by molar-refractivity contribution is 7.14. The lowest BCUT2D eigenvalue weighted by Crippen LogP contribution is -2.49. The molecule has 1 aliphatic heterocycles. The van der Waals surface area contributed by atoms with Gasteiger partial charge in [-0.2, -0.15) is 0 Å². The van der Waals surface area contributed by atoms with Crippen LogP contribution in [0, 0.1) is 0 Å². The van der Waals surface area contributed by atoms with E-state index in [0.29, 0.717) is 30.1 Å². The molecule has 2 atom stereocenters. The van der Waals surface area contributed by atoms with Crippen molar-refractivity contribution in [3.8, 4) is 28.3 Å². The molecule has 3 N–H and O–H groups in total. The molecule has 2 unspecified atom stereocenters. The molecule has 2 aromatic carbocycles. The second-order valence-electron chi connectivity index (χ2n) is 13.8. The molecule has 1 fully saturated rings. The SMILES string of the molecule is CCCCCCCOc1ccc(-c2cnc(-c3ccc(CC(NC(=O)c4ccc(C(C)(C)C)s4)C(=O)N4CCC(O)C4)cc3)nc2)cc1.O=CO. The number of carbonyl (C=O) groups is 3. The summed E-state index contributed by atoms with van der Waals surface area (Å²) in [6, 6.07) is 18.9. The predicted octanol–water partition coefficient (Wildman–Crippen LogP) is 7.15. The van der Waals surface area contributed by atoms with Crippen LogP contribution >= 0.6 is 11.3 Å². The standard InChI is InChI=1S/C39H48N4O4S.CH2O2/c1-5-6-7-8-9-22-47-32-16-14-28(15-17-32)30-24-40-36(41-25-30)29-12-10-27(11-13-29)23-33(38(46)43-21-20-31(44)26-43)42-37(45)34-18-19-35(48-34)39(2,3)4;2-1-3/h10-19,24-25,31,33,44H,5-9,20-23,26H2,1-4H3,(H,42,45);1H,(H,2,3). The van der Waals surface area contributed by atoms with Crippen LogP contribution in [0.15, 0.2) is 73.1 Å². The summed E-state index contributed by atoms with van der Waals surface area (Å²) in [5.74, 6) is 1.03. The Morgan fingerprint density at radius 1 is 0.961 bits per heavy atom. The monoisotopic (exact) mass is 714 g/mol. The number of rotatable bonds is 14. The second kappa shape index (κ2) is 19.1. The molecule has 11 heteroatoms. The molecule has 1 saturated heterocycles. The molecule has 2 aromatic heterocycles. The van der Waals surface area contributed by atoms with Crippen LogP contribution in [0.1, 0.15) is 86.3 Å². The highest BCUT2D eigenvalue weighted by Gasteiger charge is 2.32. The number of carboxylic acid groups (broad SMARTS) is 1. The van der Waals surface area contributed by atoms with E-state index in [9.17, 15) is 14.7 Å². The smallest absolute Gasteiger partial charge is 0.290 e. The van der Waals surface area contributed by atoms with E-state index in [1.807, 2.05) is 73.1 Å². The Hall–Kier alpha value is -4.61. The van der Waals surface area contributed by atoms with E-state index in [0.717, 1.165) is 45.9 Å². The van der Waals surface area contributed by atoms with Gasteiger partial charge in [0.05, 0.1) is 17.6 Å². The van der Waals surface area contributed by atoms with Crippen LogP contribution in [0.4, 0.5) is 0 Å². The van der Waals surface area contributed by atoms with E-state index in [4.69, 9.17) is 14.6 Å². The first-order chi connectivity index (χ1) is 24.5. The molecule has 10 nitrogen and oxygen atoms in total. The van der Waals surface area contributed by atoms with Crippen LogP contribution in [-0.4, -0.2) is 75.2 Å². The number of aliphatic hydroxyl groups is 1. The molecule has 0 spiro atoms. The average molecular weight is 715 g/mol. The van der Waals surface area contributed by atoms with E-state index in [1.165, 1.54) is 37.0 Å². The van der Waals surface area contributed by atoms with Crippen molar-refractivity contribution in [1.82, 2.24) is 20.2 Å². The number of unbranched alkanes of at least 4 members (excludes halogenated alkanes) is 4. The predicted molar refractivity (Wildman–Crippen MR) is 201 cm³/mol. The van der Waals surface area contributed by atoms with Crippen molar-refractivity contribution in [2.75, 3.05) is 19.7 Å². The maximum Gasteiger partial charge on any atom is 0.290 e. The van der Waals surface area contributed by atoms with Crippen LogP contribution in [0.3, 0.4) is 0 Å². The first kappa shape index (κ1) is 39.2. The second-order valence-corrected chi connectivity index (χ2v) is 14.8. The van der Waals surface area contributed by atoms with Crippen molar-refractivity contribution < 1.29 is 29.3 Å². The Bertz CT molecular complexity index is 1680. The molecular weight excluding hydrogens is 665 g/mol. The third kappa shape index (κ3) is 11.7. The maximum atomic E-state index is 13.5. The van der Waals surface area contributed by atoms with Gasteiger partial charge in [0.15, 0.2) is 5.82 Å². The number of benzene rings is 2. The number of aliphatic hydroxyl groups excluding tert-OH is 1. The average Bonchev–Trinajstić information content (AvgIpc) is 3.81. The number of β-amino-alcohol motifs (C(OH)–C–C–N with tert-alkyl or cyclic N) is 1. The van der Waals surface area contributed by atoms with Gasteiger partial charge in [0.1, 0.15) is 11.8 Å². The molecule has 51 heavy (non-hydrogen) atoms. The van der Waals surface area contributed by atoms with Crippen LogP contribution < -0.4 is 10.1 Å². The number of aromatic nitrogens is 2. The molecule has 5 rings (SSSR count). The molecular formula is C40H50N4O6S. The topological polar surface area (TPSA) is 142 Å². The van der Waals surface area contributed by atoms with E-state index in [2.05, 4.69) is 43.0 Å². The number of nitrogens with zero attached hydrogens (tertiary/aromatic N) is 3. The molecule has 4 aromatic rings. The number of carbonyl (C=O) groups excluding carboxylic acids is 2. The van der Waals surface area contributed by atoms with Gasteiger partial charge in [0, 0.05) is 47.9 Å². The number of hydrogen-bond donors (Lipinski definition) is 3. The van der Waals surface area contributed by atoms with Crippen LogP contribution in [0.2, 0.25) is 0 Å². The molecule has 0 radical (unpaired) electrons. The van der Waals surface area contributed by atoms with E-state index < -0.39 is 12.1 Å². The first-order valence-electron chi connectivity index (χ1n) is 17.6. The number of thiophene rings is 1. The van der Waals surface area contributed by atoms with Crippen molar-refractivity contribution in [1.29, 1.82) is 0 Å². The van der Waals surface area contributed by atoms with Gasteiger partial charge < -0.3 is 25.2 Å². The lowest BCUT2D eigenvalue weighted by atomic mass is 9.95. The van der Waals surface area contributed by atoms with Crippen LogP contribution in [-0.2, 0) is 21.4 Å². The third-order valence-corrected chi connectivity index (χ3v) is 10.2. The van der Waals surface area contributed by atoms with Gasteiger partial charge in [-0.05, 0) is 53.6 Å². The van der Waals surface area contributed by atoms with Gasteiger partial charge >= 0.3 is 0 Å². The van der Waals surface area contributed by atoms with Gasteiger partial charge in [0.25, 0.3) is 12.4 Å². The van der Waals surface area contributed by atoms with Crippen molar-refractivity contribution in [2.24, 2.45) is 0 Å². The molecule has 0 aliphatic carbocycles. The zero-order valence-corrected chi connectivity index (χ0v) is 30.8. The lowest BCUT2D eigenvalue weighted by molar-refractivity contribution is -0.132. The summed E-state index contributed by atoms with van der Waals surface area (Å²) < 4.78 is 5.90. The highest BCUT2D eigenvalue weighted by Crippen LogP contribution is 2.30. The Labute approximate surface area is 304 Å². The molecule has 0 saturated carbocycles. The summed E-state index contributed by atoms with van der Waals surface area (Å²) in [5.41, 5.74) is 3.64. The fourth-order valence-corrected chi connectivity index (χ4v) is 6.71. The maximum absolute atomic E-state index is 13.5. The van der Waals surface area contributed by atoms with E-state index in [1.54, 1.807) is 4.90 Å². The van der Waals surface area contributed by atoms with Gasteiger partial charge in [-0.15, -0.1) is 11.3 Å². The largest absolute Gasteiger partial charge is 0.494 e. The molecule has 272 valence electrons. The van der Waals surface area contributed by atoms with Crippen LogP contribution in [0.5, 0.6) is 5.75 Å². The first-order valence-corrected chi connectivity index (χ1v) is 18.4. The van der Waals surface area contributed by atoms with E-state index in [-0.39, 0.29) is 30.2 Å². The summed E-state index contributed by atoms with van der Waals surface area (Å²) in [4.78, 5) is 47.8. The lowest BCUT2D eigenvalue weighted by Gasteiger charge is -2.24. The summed E-state index contributed by atoms with van der Waals surface area (Å²) >= 11 is 1.45. The van der Waals surface area contributed by atoms with Crippen molar-refractivity contribution in [3.05, 3.63) is 88.4 Å². The summed E-state index contributed by atoms with van der Waals surface area (Å²) in [6.45, 7) is 9.80. The number of hydrogen-bond acceptors (Lipinski definition) is 8. The minimum absolute atomic E-state index is 0.0659. The van der Waals surface area contributed by atoms with Gasteiger partial charge in [-0.25, -0.2) is 9.97 Å². The number of likely N-dealkylation sites (tertiary alicyclic amines) is 1. The minimum atomic E-state index is -0.757. The van der Waals surface area contributed by atoms with Crippen molar-refractivity contribution in [3.63, 3.8) is 0 Å². The zero-order valence-electron chi connectivity index (χ0n) is 30.0. The minimum Gasteiger partial charge on any atom is -0.494 e. The van der Waals surface area contributed by atoms with Gasteiger partial charge in [-0.3, -0.25) is 14.4 Å². The van der Waals surface area contributed by atoms with Gasteiger partial charge in [-0.1, -0.05) is 89.8 Å². The summed E-state index contributed by atoms with van der Waals surface area (Å²) in [6.07, 6.45) is 10.0. The van der Waals surface area contributed by atoms with Crippen molar-refractivity contribution >= 4 is 29.6 Å². The Morgan fingerprint density at radius 3 is 2.20 bits per heavy atom. The molecule has 1 aliphatic rings. The number of nitrogens with one attached hydrogen (secondary N) is 1. The quantitative estimate of drug-likeness (QED) is 0.0924. The summed E-state index contributed by atoms with van der Waals surface area (Å²) in [7, 11) is 0. The van der Waals surface area contributed by atoms with Crippen LogP contribution in [0.25, 0.3) is 22.5 Å². The molecule has 0 bridgehead atoms. The fraction of sp³-hybridized carbons (Fsp3) is 0.425. The Balaban J connectivity index is 0.00000188. The third-order valence-electron chi connectivity index (χ3n) is 8.66. The summed E-state index contributed by atoms with van der Waals surface area (Å²) in [5, 5.41) is 19.9. The number of amides is 2. The van der Waals surface area contributed by atoms with Crippen molar-refractivity contribution in [2.45, 2.75) is 90.2 Å². The normalized spacial score (nSPS) is 14.7. The van der Waals surface area contributed by atoms with E-state index >= 15 is 0 Å². The molecule has 3 heterocycles. The zero-order chi connectivity index (χ0) is 36.8. The Kier molecular flexibility index (Phi) is 14.7. The number of ether oxygens (including phenoxy) is 1. The Morgan fingerprint density at radius 2 is 1.61 bits per heavy atom. The van der Waals surface area contributed by atoms with Gasteiger partial charge in [0.2, 0.25) is 5.91 Å².